The molecule has 7 heteroatoms. The first-order valence-electron chi connectivity index (χ1n) is 8.95. The van der Waals surface area contributed by atoms with E-state index in [2.05, 4.69) is 15.3 Å². The van der Waals surface area contributed by atoms with Gasteiger partial charge in [0.15, 0.2) is 11.6 Å². The number of rotatable bonds is 6. The molecule has 0 bridgehead atoms. The van der Waals surface area contributed by atoms with E-state index < -0.39 is 11.6 Å². The average Bonchev–Trinajstić information content (AvgIpc) is 3.21. The van der Waals surface area contributed by atoms with Crippen LogP contribution in [-0.4, -0.2) is 21.6 Å². The van der Waals surface area contributed by atoms with Crippen LogP contribution in [0.3, 0.4) is 0 Å². The number of hydrogen-bond donors (Lipinski definition) is 2. The summed E-state index contributed by atoms with van der Waals surface area (Å²) >= 11 is 1.15. The minimum Gasteiger partial charge on any atom is -0.345 e. The van der Waals surface area contributed by atoms with E-state index in [1.165, 1.54) is 6.07 Å². The minimum absolute atomic E-state index is 0.0840. The summed E-state index contributed by atoms with van der Waals surface area (Å²) < 4.78 is 26.4. The van der Waals surface area contributed by atoms with E-state index in [9.17, 15) is 13.6 Å². The summed E-state index contributed by atoms with van der Waals surface area (Å²) in [5.41, 5.74) is 3.59. The minimum atomic E-state index is -0.926. The first-order chi connectivity index (χ1) is 14.1. The number of hydrogen-bond acceptors (Lipinski definition) is 3. The van der Waals surface area contributed by atoms with Crippen LogP contribution in [0, 0.1) is 11.6 Å². The van der Waals surface area contributed by atoms with Crippen molar-refractivity contribution >= 4 is 28.7 Å². The van der Waals surface area contributed by atoms with Gasteiger partial charge in [0.1, 0.15) is 0 Å². The Kier molecular flexibility index (Phi) is 5.57. The van der Waals surface area contributed by atoms with Crippen molar-refractivity contribution < 1.29 is 13.6 Å². The van der Waals surface area contributed by atoms with E-state index in [-0.39, 0.29) is 17.7 Å². The molecule has 2 N–H and O–H groups in total. The maximum atomic E-state index is 13.4. The highest BCUT2D eigenvalue weighted by Crippen LogP contribution is 2.26. The lowest BCUT2D eigenvalue weighted by molar-refractivity contribution is -0.119. The van der Waals surface area contributed by atoms with Crippen molar-refractivity contribution in [3.63, 3.8) is 0 Å². The molecule has 0 spiro atoms. The van der Waals surface area contributed by atoms with E-state index >= 15 is 0 Å². The largest absolute Gasteiger partial charge is 0.345 e. The summed E-state index contributed by atoms with van der Waals surface area (Å²) in [5, 5.41) is 3.04. The monoisotopic (exact) mass is 409 g/mol. The fourth-order valence-corrected chi connectivity index (χ4v) is 3.79. The zero-order chi connectivity index (χ0) is 20.2. The molecule has 4 aromatic rings. The van der Waals surface area contributed by atoms with Crippen LogP contribution in [0.25, 0.3) is 11.0 Å². The highest BCUT2D eigenvalue weighted by atomic mass is 32.2. The van der Waals surface area contributed by atoms with Gasteiger partial charge < -0.3 is 10.3 Å². The van der Waals surface area contributed by atoms with Crippen LogP contribution in [-0.2, 0) is 4.79 Å². The highest BCUT2D eigenvalue weighted by molar-refractivity contribution is 8.00. The van der Waals surface area contributed by atoms with Gasteiger partial charge >= 0.3 is 0 Å². The van der Waals surface area contributed by atoms with Gasteiger partial charge in [0.25, 0.3) is 0 Å². The van der Waals surface area contributed by atoms with Crippen molar-refractivity contribution in [2.45, 2.75) is 10.9 Å². The number of amides is 1. The predicted molar refractivity (Wildman–Crippen MR) is 110 cm³/mol. The van der Waals surface area contributed by atoms with Crippen LogP contribution in [0.15, 0.2) is 78.0 Å². The number of fused-ring (bicyclic) bond motifs is 1. The standard InChI is InChI=1S/C22H17F2N3OS/c23-17-8-7-16(11-18(17)24)29-12-21(28)27-22(14-4-2-1-3-5-14)15-6-9-19-20(10-15)26-13-25-19/h1-11,13,22H,12H2,(H,25,26)(H,27,28). The normalized spacial score (nSPS) is 12.1. The maximum absolute atomic E-state index is 13.4. The van der Waals surface area contributed by atoms with Gasteiger partial charge in [-0.25, -0.2) is 13.8 Å². The number of benzene rings is 3. The second-order valence-electron chi connectivity index (χ2n) is 6.45. The number of halogens is 2. The van der Waals surface area contributed by atoms with E-state index in [0.717, 1.165) is 46.1 Å². The molecule has 0 aliphatic rings. The van der Waals surface area contributed by atoms with Gasteiger partial charge in [-0.15, -0.1) is 11.8 Å². The Hall–Kier alpha value is -3.19. The summed E-state index contributed by atoms with van der Waals surface area (Å²) in [6.45, 7) is 0. The number of carbonyl (C=O) groups excluding carboxylic acids is 1. The summed E-state index contributed by atoms with van der Waals surface area (Å²) in [6.07, 6.45) is 1.63. The molecule has 0 radical (unpaired) electrons. The molecule has 0 aliphatic heterocycles. The van der Waals surface area contributed by atoms with Crippen molar-refractivity contribution in [2.75, 3.05) is 5.75 Å². The van der Waals surface area contributed by atoms with Gasteiger partial charge in [0.05, 0.1) is 29.2 Å². The van der Waals surface area contributed by atoms with Crippen LogP contribution < -0.4 is 5.32 Å². The topological polar surface area (TPSA) is 57.8 Å². The highest BCUT2D eigenvalue weighted by Gasteiger charge is 2.18. The molecule has 1 heterocycles. The second kappa shape index (κ2) is 8.45. The van der Waals surface area contributed by atoms with Crippen LogP contribution in [0.4, 0.5) is 8.78 Å². The van der Waals surface area contributed by atoms with Gasteiger partial charge in [-0.05, 0) is 41.5 Å². The summed E-state index contributed by atoms with van der Waals surface area (Å²) in [7, 11) is 0. The number of H-pyrrole nitrogens is 1. The van der Waals surface area contributed by atoms with E-state index in [1.54, 1.807) is 6.33 Å². The molecule has 4 nitrogen and oxygen atoms in total. The molecular formula is C22H17F2N3OS. The quantitative estimate of drug-likeness (QED) is 0.448. The lowest BCUT2D eigenvalue weighted by atomic mass is 9.98. The maximum Gasteiger partial charge on any atom is 0.231 e. The Morgan fingerprint density at radius 1 is 1.00 bits per heavy atom. The van der Waals surface area contributed by atoms with E-state index in [4.69, 9.17) is 0 Å². The Morgan fingerprint density at radius 2 is 1.83 bits per heavy atom. The Bertz CT molecular complexity index is 1150. The SMILES string of the molecule is O=C(CSc1ccc(F)c(F)c1)NC(c1ccccc1)c1ccc2nc[nH]c2c1. The molecular weight excluding hydrogens is 392 g/mol. The molecule has 0 saturated heterocycles. The molecule has 1 unspecified atom stereocenters. The Labute approximate surface area is 170 Å². The number of aromatic nitrogens is 2. The fraction of sp³-hybridized carbons (Fsp3) is 0.0909. The second-order valence-corrected chi connectivity index (χ2v) is 7.50. The number of thioether (sulfide) groups is 1. The van der Waals surface area contributed by atoms with Crippen LogP contribution in [0.2, 0.25) is 0 Å². The summed E-state index contributed by atoms with van der Waals surface area (Å²) in [5.74, 6) is -1.96. The van der Waals surface area contributed by atoms with Crippen molar-refractivity contribution in [2.24, 2.45) is 0 Å². The third-order valence-electron chi connectivity index (χ3n) is 4.48. The smallest absolute Gasteiger partial charge is 0.231 e. The molecule has 0 saturated carbocycles. The zero-order valence-electron chi connectivity index (χ0n) is 15.2. The molecule has 1 atom stereocenters. The molecule has 146 valence electrons. The number of imidazole rings is 1. The number of nitrogens with one attached hydrogen (secondary N) is 2. The number of nitrogens with zero attached hydrogens (tertiary/aromatic N) is 1. The van der Waals surface area contributed by atoms with Crippen molar-refractivity contribution in [1.82, 2.24) is 15.3 Å². The molecule has 1 amide bonds. The van der Waals surface area contributed by atoms with Crippen molar-refractivity contribution in [1.29, 1.82) is 0 Å². The summed E-state index contributed by atoms with van der Waals surface area (Å²) in [4.78, 5) is 20.4. The zero-order valence-corrected chi connectivity index (χ0v) is 16.0. The average molecular weight is 409 g/mol. The number of carbonyl (C=O) groups is 1. The van der Waals surface area contributed by atoms with Crippen LogP contribution in [0.1, 0.15) is 17.2 Å². The third kappa shape index (κ3) is 4.46. The molecule has 29 heavy (non-hydrogen) atoms. The van der Waals surface area contributed by atoms with Crippen LogP contribution >= 0.6 is 11.8 Å². The molecule has 0 aliphatic carbocycles. The third-order valence-corrected chi connectivity index (χ3v) is 5.47. The fourth-order valence-electron chi connectivity index (χ4n) is 3.06. The Balaban J connectivity index is 1.53. The number of aromatic amines is 1. The van der Waals surface area contributed by atoms with E-state index in [0.29, 0.717) is 4.90 Å². The van der Waals surface area contributed by atoms with Gasteiger partial charge in [-0.2, -0.15) is 0 Å². The van der Waals surface area contributed by atoms with Crippen LogP contribution in [0.5, 0.6) is 0 Å². The first kappa shape index (κ1) is 19.1. The predicted octanol–water partition coefficient (Wildman–Crippen LogP) is 4.84. The molecule has 0 fully saturated rings. The van der Waals surface area contributed by atoms with Gasteiger partial charge in [-0.3, -0.25) is 4.79 Å². The van der Waals surface area contributed by atoms with Crippen molar-refractivity contribution in [3.8, 4) is 0 Å². The lowest BCUT2D eigenvalue weighted by Crippen LogP contribution is -2.30. The van der Waals surface area contributed by atoms with Gasteiger partial charge in [-0.1, -0.05) is 36.4 Å². The first-order valence-corrected chi connectivity index (χ1v) is 9.94. The lowest BCUT2D eigenvalue weighted by Gasteiger charge is -2.20. The van der Waals surface area contributed by atoms with Gasteiger partial charge in [0.2, 0.25) is 5.91 Å². The van der Waals surface area contributed by atoms with E-state index in [1.807, 2.05) is 48.5 Å². The van der Waals surface area contributed by atoms with Crippen molar-refractivity contribution in [3.05, 3.63) is 95.8 Å². The molecule has 1 aromatic heterocycles. The van der Waals surface area contributed by atoms with Gasteiger partial charge in [0, 0.05) is 4.90 Å². The summed E-state index contributed by atoms with van der Waals surface area (Å²) in [6, 6.07) is 18.7. The Morgan fingerprint density at radius 3 is 2.62 bits per heavy atom. The molecule has 4 rings (SSSR count). The molecule has 3 aromatic carbocycles.